The number of nitrogens with zero attached hydrogens (tertiary/aromatic N) is 1. The average molecular weight is 376 g/mol. The van der Waals surface area contributed by atoms with Crippen LogP contribution in [-0.2, 0) is 13.1 Å². The van der Waals surface area contributed by atoms with Crippen molar-refractivity contribution in [2.75, 3.05) is 0 Å². The molecule has 0 radical (unpaired) electrons. The Labute approximate surface area is 160 Å². The van der Waals surface area contributed by atoms with E-state index in [0.717, 1.165) is 10.4 Å². The third kappa shape index (κ3) is 3.39. The first-order valence-corrected chi connectivity index (χ1v) is 9.36. The molecule has 3 aromatic rings. The Morgan fingerprint density at radius 3 is 2.33 bits per heavy atom. The van der Waals surface area contributed by atoms with Crippen LogP contribution in [0.2, 0.25) is 0 Å². The zero-order chi connectivity index (χ0) is 18.8. The number of hydrogen-bond donors (Lipinski definition) is 1. The number of hydrogen-bond acceptors (Lipinski definition) is 4. The van der Waals surface area contributed by atoms with Crippen LogP contribution in [0.15, 0.2) is 66.0 Å². The van der Waals surface area contributed by atoms with Gasteiger partial charge in [0.25, 0.3) is 17.7 Å². The van der Waals surface area contributed by atoms with E-state index in [1.54, 1.807) is 59.9 Å². The van der Waals surface area contributed by atoms with Gasteiger partial charge in [-0.1, -0.05) is 30.3 Å². The normalized spacial score (nSPS) is 13.0. The van der Waals surface area contributed by atoms with Crippen molar-refractivity contribution < 1.29 is 14.4 Å². The lowest BCUT2D eigenvalue weighted by Gasteiger charge is -2.14. The molecular formula is C21H16N2O3S. The molecule has 0 bridgehead atoms. The van der Waals surface area contributed by atoms with Gasteiger partial charge in [0.2, 0.25) is 0 Å². The highest BCUT2D eigenvalue weighted by molar-refractivity contribution is 7.09. The van der Waals surface area contributed by atoms with Gasteiger partial charge in [-0.2, -0.15) is 0 Å². The molecule has 0 saturated carbocycles. The van der Waals surface area contributed by atoms with Gasteiger partial charge in [-0.3, -0.25) is 19.3 Å². The quantitative estimate of drug-likeness (QED) is 0.694. The molecule has 1 aliphatic rings. The molecule has 4 rings (SSSR count). The fourth-order valence-electron chi connectivity index (χ4n) is 3.06. The largest absolute Gasteiger partial charge is 0.347 e. The fraction of sp³-hybridized carbons (Fsp3) is 0.0952. The molecular weight excluding hydrogens is 360 g/mol. The number of nitrogens with one attached hydrogen (secondary N) is 1. The third-order valence-electron chi connectivity index (χ3n) is 4.41. The van der Waals surface area contributed by atoms with Crippen LogP contribution < -0.4 is 5.32 Å². The van der Waals surface area contributed by atoms with Gasteiger partial charge in [0.15, 0.2) is 0 Å². The summed E-state index contributed by atoms with van der Waals surface area (Å²) in [5, 5.41) is 4.84. The zero-order valence-corrected chi connectivity index (χ0v) is 15.2. The highest BCUT2D eigenvalue weighted by atomic mass is 32.1. The molecule has 1 N–H and O–H groups in total. The molecule has 1 aromatic heterocycles. The molecule has 2 aromatic carbocycles. The van der Waals surface area contributed by atoms with Gasteiger partial charge in [0.05, 0.1) is 24.2 Å². The minimum atomic E-state index is -0.303. The van der Waals surface area contributed by atoms with Crippen LogP contribution >= 0.6 is 11.3 Å². The molecule has 0 atom stereocenters. The summed E-state index contributed by atoms with van der Waals surface area (Å²) in [7, 11) is 0. The van der Waals surface area contributed by atoms with E-state index in [4.69, 9.17) is 0 Å². The summed E-state index contributed by atoms with van der Waals surface area (Å²) < 4.78 is 0. The number of carbonyl (C=O) groups is 3. The predicted octanol–water partition coefficient (Wildman–Crippen LogP) is 3.47. The highest BCUT2D eigenvalue weighted by Gasteiger charge is 2.34. The van der Waals surface area contributed by atoms with Gasteiger partial charge in [0, 0.05) is 10.4 Å². The molecule has 0 unspecified atom stereocenters. The maximum Gasteiger partial charge on any atom is 0.261 e. The molecule has 0 fully saturated rings. The SMILES string of the molecule is O=C(NCc1cccs1)c1cccc(CN2C(=O)c3ccccc3C2=O)c1. The van der Waals surface area contributed by atoms with Gasteiger partial charge < -0.3 is 5.32 Å². The van der Waals surface area contributed by atoms with Crippen LogP contribution in [0.1, 0.15) is 41.5 Å². The van der Waals surface area contributed by atoms with E-state index >= 15 is 0 Å². The van der Waals surface area contributed by atoms with Crippen LogP contribution in [-0.4, -0.2) is 22.6 Å². The van der Waals surface area contributed by atoms with E-state index in [2.05, 4.69) is 5.32 Å². The van der Waals surface area contributed by atoms with E-state index in [9.17, 15) is 14.4 Å². The van der Waals surface area contributed by atoms with Crippen molar-refractivity contribution in [1.82, 2.24) is 10.2 Å². The summed E-state index contributed by atoms with van der Waals surface area (Å²) >= 11 is 1.58. The van der Waals surface area contributed by atoms with Crippen molar-refractivity contribution in [3.05, 3.63) is 93.2 Å². The third-order valence-corrected chi connectivity index (χ3v) is 5.29. The van der Waals surface area contributed by atoms with E-state index in [1.807, 2.05) is 17.5 Å². The number of amides is 3. The van der Waals surface area contributed by atoms with Crippen molar-refractivity contribution in [3.8, 4) is 0 Å². The smallest absolute Gasteiger partial charge is 0.261 e. The second kappa shape index (κ2) is 7.17. The number of imide groups is 1. The molecule has 2 heterocycles. The topological polar surface area (TPSA) is 66.5 Å². The summed E-state index contributed by atoms with van der Waals surface area (Å²) in [5.74, 6) is -0.793. The number of carbonyl (C=O) groups excluding carboxylic acids is 3. The predicted molar refractivity (Wildman–Crippen MR) is 103 cm³/mol. The molecule has 0 spiro atoms. The van der Waals surface area contributed by atoms with Gasteiger partial charge in [-0.25, -0.2) is 0 Å². The Morgan fingerprint density at radius 1 is 0.926 bits per heavy atom. The molecule has 0 saturated heterocycles. The van der Waals surface area contributed by atoms with E-state index in [-0.39, 0.29) is 24.3 Å². The summed E-state index contributed by atoms with van der Waals surface area (Å²) in [4.78, 5) is 39.7. The Balaban J connectivity index is 1.48. The van der Waals surface area contributed by atoms with Crippen molar-refractivity contribution in [1.29, 1.82) is 0 Å². The minimum absolute atomic E-state index is 0.137. The van der Waals surface area contributed by atoms with Gasteiger partial charge in [-0.15, -0.1) is 11.3 Å². The minimum Gasteiger partial charge on any atom is -0.347 e. The second-order valence-corrected chi connectivity index (χ2v) is 7.24. The van der Waals surface area contributed by atoms with Crippen molar-refractivity contribution in [3.63, 3.8) is 0 Å². The zero-order valence-electron chi connectivity index (χ0n) is 14.3. The summed E-state index contributed by atoms with van der Waals surface area (Å²) in [6.45, 7) is 0.609. The van der Waals surface area contributed by atoms with Gasteiger partial charge in [-0.05, 0) is 41.3 Å². The number of benzene rings is 2. The average Bonchev–Trinajstić information content (AvgIpc) is 3.30. The van der Waals surface area contributed by atoms with Crippen molar-refractivity contribution >= 4 is 29.1 Å². The van der Waals surface area contributed by atoms with E-state index < -0.39 is 0 Å². The molecule has 6 heteroatoms. The lowest BCUT2D eigenvalue weighted by molar-refractivity contribution is 0.0642. The first-order valence-electron chi connectivity index (χ1n) is 8.48. The Hall–Kier alpha value is -3.25. The second-order valence-electron chi connectivity index (χ2n) is 6.20. The number of fused-ring (bicyclic) bond motifs is 1. The number of rotatable bonds is 5. The summed E-state index contributed by atoms with van der Waals surface area (Å²) in [6, 6.07) is 17.7. The Bertz CT molecular complexity index is 992. The maximum absolute atomic E-state index is 12.5. The molecule has 134 valence electrons. The summed E-state index contributed by atoms with van der Waals surface area (Å²) in [6.07, 6.45) is 0. The monoisotopic (exact) mass is 376 g/mol. The maximum atomic E-state index is 12.5. The lowest BCUT2D eigenvalue weighted by atomic mass is 10.1. The van der Waals surface area contributed by atoms with Crippen LogP contribution in [0.3, 0.4) is 0 Å². The van der Waals surface area contributed by atoms with Crippen molar-refractivity contribution in [2.24, 2.45) is 0 Å². The van der Waals surface area contributed by atoms with E-state index in [1.165, 1.54) is 4.90 Å². The first-order chi connectivity index (χ1) is 13.1. The molecule has 0 aliphatic carbocycles. The molecule has 3 amide bonds. The Kier molecular flexibility index (Phi) is 4.56. The lowest BCUT2D eigenvalue weighted by Crippen LogP contribution is -2.29. The van der Waals surface area contributed by atoms with Crippen LogP contribution in [0.5, 0.6) is 0 Å². The van der Waals surface area contributed by atoms with Gasteiger partial charge in [0.1, 0.15) is 0 Å². The fourth-order valence-corrected chi connectivity index (χ4v) is 3.70. The standard InChI is InChI=1S/C21H16N2O3S/c24-19(22-12-16-7-4-10-27-16)15-6-3-5-14(11-15)13-23-20(25)17-8-1-2-9-18(17)21(23)26/h1-11H,12-13H2,(H,22,24). The molecule has 1 aliphatic heterocycles. The van der Waals surface area contributed by atoms with Gasteiger partial charge >= 0.3 is 0 Å². The first kappa shape index (κ1) is 17.2. The van der Waals surface area contributed by atoms with Crippen LogP contribution in [0, 0.1) is 0 Å². The van der Waals surface area contributed by atoms with Crippen LogP contribution in [0.25, 0.3) is 0 Å². The Morgan fingerprint density at radius 2 is 1.67 bits per heavy atom. The molecule has 27 heavy (non-hydrogen) atoms. The van der Waals surface area contributed by atoms with Crippen LogP contribution in [0.4, 0.5) is 0 Å². The number of thiophene rings is 1. The molecule has 5 nitrogen and oxygen atoms in total. The van der Waals surface area contributed by atoms with E-state index in [0.29, 0.717) is 23.2 Å². The highest BCUT2D eigenvalue weighted by Crippen LogP contribution is 2.24. The summed E-state index contributed by atoms with van der Waals surface area (Å²) in [5.41, 5.74) is 2.08. The van der Waals surface area contributed by atoms with Crippen molar-refractivity contribution in [2.45, 2.75) is 13.1 Å².